The molecule has 1 aromatic rings. The van der Waals surface area contributed by atoms with Gasteiger partial charge in [0, 0.05) is 20.0 Å². The van der Waals surface area contributed by atoms with Crippen LogP contribution in [-0.2, 0) is 17.8 Å². The molecule has 0 saturated heterocycles. The molecule has 1 amide bonds. The molecule has 1 aliphatic heterocycles. The van der Waals surface area contributed by atoms with Crippen LogP contribution in [0.3, 0.4) is 0 Å². The van der Waals surface area contributed by atoms with Gasteiger partial charge in [-0.2, -0.15) is 0 Å². The van der Waals surface area contributed by atoms with E-state index in [0.29, 0.717) is 0 Å². The Kier molecular flexibility index (Phi) is 2.50. The van der Waals surface area contributed by atoms with Crippen LogP contribution in [0.1, 0.15) is 18.1 Å². The van der Waals surface area contributed by atoms with E-state index in [0.717, 1.165) is 19.5 Å². The highest BCUT2D eigenvalue weighted by atomic mass is 16.2. The van der Waals surface area contributed by atoms with Gasteiger partial charge < -0.3 is 0 Å². The van der Waals surface area contributed by atoms with E-state index in [1.165, 1.54) is 11.1 Å². The molecule has 3 heteroatoms. The van der Waals surface area contributed by atoms with Gasteiger partial charge in [0.1, 0.15) is 0 Å². The Morgan fingerprint density at radius 2 is 2.07 bits per heavy atom. The first-order valence-corrected chi connectivity index (χ1v) is 4.84. The number of hydrogen-bond acceptors (Lipinski definition) is 2. The van der Waals surface area contributed by atoms with Crippen LogP contribution < -0.4 is 5.43 Å². The molecule has 0 bridgehead atoms. The Morgan fingerprint density at radius 1 is 1.36 bits per heavy atom. The number of hydrogen-bond donors (Lipinski definition) is 1. The Labute approximate surface area is 83.7 Å². The lowest BCUT2D eigenvalue weighted by Crippen LogP contribution is -2.43. The number of rotatable bonds is 1. The molecule has 14 heavy (non-hydrogen) atoms. The molecule has 0 radical (unpaired) electrons. The molecule has 1 aromatic carbocycles. The minimum Gasteiger partial charge on any atom is -0.289 e. The summed E-state index contributed by atoms with van der Waals surface area (Å²) in [6.07, 6.45) is 1.01. The number of nitrogens with zero attached hydrogens (tertiary/aromatic N) is 1. The summed E-state index contributed by atoms with van der Waals surface area (Å²) in [5, 5.41) is 1.96. The van der Waals surface area contributed by atoms with Crippen molar-refractivity contribution in [1.82, 2.24) is 10.4 Å². The lowest BCUT2D eigenvalue weighted by atomic mass is 10.0. The van der Waals surface area contributed by atoms with Crippen molar-refractivity contribution in [3.63, 3.8) is 0 Å². The summed E-state index contributed by atoms with van der Waals surface area (Å²) in [5.74, 6) is 0.00406. The highest BCUT2D eigenvalue weighted by molar-refractivity contribution is 5.72. The zero-order chi connectivity index (χ0) is 9.97. The zero-order valence-corrected chi connectivity index (χ0v) is 8.29. The standard InChI is InChI=1S/C11H14N2O/c1-9(14)12-13-7-6-10-4-2-3-5-11(10)8-13/h2-5H,6-8H2,1H3,(H,12,14). The van der Waals surface area contributed by atoms with E-state index in [1.54, 1.807) is 6.92 Å². The summed E-state index contributed by atoms with van der Waals surface area (Å²) in [6.45, 7) is 3.26. The van der Waals surface area contributed by atoms with Gasteiger partial charge >= 0.3 is 0 Å². The minimum absolute atomic E-state index is 0.00406. The van der Waals surface area contributed by atoms with Gasteiger partial charge in [0.05, 0.1) is 0 Å². The van der Waals surface area contributed by atoms with Crippen molar-refractivity contribution in [2.24, 2.45) is 0 Å². The van der Waals surface area contributed by atoms with E-state index in [-0.39, 0.29) is 5.91 Å². The molecular weight excluding hydrogens is 176 g/mol. The van der Waals surface area contributed by atoms with Crippen LogP contribution in [0.5, 0.6) is 0 Å². The van der Waals surface area contributed by atoms with Crippen molar-refractivity contribution in [3.05, 3.63) is 35.4 Å². The van der Waals surface area contributed by atoms with Crippen molar-refractivity contribution < 1.29 is 4.79 Å². The van der Waals surface area contributed by atoms with Gasteiger partial charge in [0.2, 0.25) is 5.91 Å². The van der Waals surface area contributed by atoms with Crippen LogP contribution in [0, 0.1) is 0 Å². The van der Waals surface area contributed by atoms with Gasteiger partial charge in [-0.1, -0.05) is 24.3 Å². The van der Waals surface area contributed by atoms with Crippen molar-refractivity contribution >= 4 is 5.91 Å². The van der Waals surface area contributed by atoms with Gasteiger partial charge in [0.25, 0.3) is 0 Å². The lowest BCUT2D eigenvalue weighted by molar-refractivity contribution is -0.124. The van der Waals surface area contributed by atoms with Crippen LogP contribution in [0.15, 0.2) is 24.3 Å². The molecule has 0 spiro atoms. The maximum absolute atomic E-state index is 10.9. The monoisotopic (exact) mass is 190 g/mol. The van der Waals surface area contributed by atoms with Gasteiger partial charge in [-0.15, -0.1) is 0 Å². The quantitative estimate of drug-likeness (QED) is 0.719. The molecule has 0 saturated carbocycles. The number of hydrazine groups is 1. The van der Waals surface area contributed by atoms with E-state index < -0.39 is 0 Å². The molecule has 1 N–H and O–H groups in total. The van der Waals surface area contributed by atoms with Gasteiger partial charge in [-0.25, -0.2) is 5.01 Å². The number of benzene rings is 1. The van der Waals surface area contributed by atoms with Gasteiger partial charge in [0.15, 0.2) is 0 Å². The SMILES string of the molecule is CC(=O)NN1CCc2ccccc2C1. The van der Waals surface area contributed by atoms with Crippen LogP contribution in [-0.4, -0.2) is 17.5 Å². The average molecular weight is 190 g/mol. The Bertz CT molecular complexity index is 349. The number of carbonyl (C=O) groups excluding carboxylic acids is 1. The van der Waals surface area contributed by atoms with Crippen LogP contribution in [0.2, 0.25) is 0 Å². The molecule has 0 aliphatic carbocycles. The van der Waals surface area contributed by atoms with Crippen molar-refractivity contribution in [2.45, 2.75) is 19.9 Å². The fourth-order valence-corrected chi connectivity index (χ4v) is 1.81. The number of amides is 1. The molecule has 0 fully saturated rings. The fourth-order valence-electron chi connectivity index (χ4n) is 1.81. The number of fused-ring (bicyclic) bond motifs is 1. The minimum atomic E-state index is 0.00406. The third kappa shape index (κ3) is 1.93. The first kappa shape index (κ1) is 9.21. The molecule has 0 aromatic heterocycles. The molecule has 0 atom stereocenters. The third-order valence-electron chi connectivity index (χ3n) is 2.45. The lowest BCUT2D eigenvalue weighted by Gasteiger charge is -2.28. The maximum atomic E-state index is 10.9. The van der Waals surface area contributed by atoms with Gasteiger partial charge in [-0.3, -0.25) is 10.2 Å². The average Bonchev–Trinajstić information content (AvgIpc) is 2.17. The van der Waals surface area contributed by atoms with E-state index in [9.17, 15) is 4.79 Å². The topological polar surface area (TPSA) is 32.3 Å². The third-order valence-corrected chi connectivity index (χ3v) is 2.45. The van der Waals surface area contributed by atoms with Crippen LogP contribution in [0.4, 0.5) is 0 Å². The summed E-state index contributed by atoms with van der Waals surface area (Å²) < 4.78 is 0. The highest BCUT2D eigenvalue weighted by Crippen LogP contribution is 2.16. The van der Waals surface area contributed by atoms with Crippen LogP contribution in [0.25, 0.3) is 0 Å². The number of nitrogens with one attached hydrogen (secondary N) is 1. The largest absolute Gasteiger partial charge is 0.289 e. The van der Waals surface area contributed by atoms with E-state index >= 15 is 0 Å². The van der Waals surface area contributed by atoms with E-state index in [1.807, 2.05) is 11.1 Å². The molecule has 2 rings (SSSR count). The molecule has 0 unspecified atom stereocenters. The molecule has 3 nitrogen and oxygen atoms in total. The molecular formula is C11H14N2O. The van der Waals surface area contributed by atoms with Crippen LogP contribution >= 0.6 is 0 Å². The Hall–Kier alpha value is -1.35. The molecule has 74 valence electrons. The highest BCUT2D eigenvalue weighted by Gasteiger charge is 2.15. The summed E-state index contributed by atoms with van der Waals surface area (Å²) in [7, 11) is 0. The van der Waals surface area contributed by atoms with Crippen molar-refractivity contribution in [2.75, 3.05) is 6.54 Å². The smallest absolute Gasteiger partial charge is 0.231 e. The van der Waals surface area contributed by atoms with Crippen molar-refractivity contribution in [1.29, 1.82) is 0 Å². The Morgan fingerprint density at radius 3 is 2.79 bits per heavy atom. The summed E-state index contributed by atoms with van der Waals surface area (Å²) in [5.41, 5.74) is 5.53. The van der Waals surface area contributed by atoms with E-state index in [4.69, 9.17) is 0 Å². The second kappa shape index (κ2) is 3.80. The normalized spacial score (nSPS) is 16.1. The summed E-state index contributed by atoms with van der Waals surface area (Å²) >= 11 is 0. The predicted molar refractivity (Wildman–Crippen MR) is 54.4 cm³/mol. The molecule has 1 heterocycles. The zero-order valence-electron chi connectivity index (χ0n) is 8.29. The fraction of sp³-hybridized carbons (Fsp3) is 0.364. The van der Waals surface area contributed by atoms with Gasteiger partial charge in [-0.05, 0) is 17.5 Å². The first-order valence-electron chi connectivity index (χ1n) is 4.84. The second-order valence-corrected chi connectivity index (χ2v) is 3.61. The first-order chi connectivity index (χ1) is 6.75. The summed E-state index contributed by atoms with van der Waals surface area (Å²) in [6, 6.07) is 8.37. The van der Waals surface area contributed by atoms with Crippen molar-refractivity contribution in [3.8, 4) is 0 Å². The molecule has 1 aliphatic rings. The second-order valence-electron chi connectivity index (χ2n) is 3.61. The summed E-state index contributed by atoms with van der Waals surface area (Å²) in [4.78, 5) is 10.9. The number of carbonyl (C=O) groups is 1. The maximum Gasteiger partial charge on any atom is 0.231 e. The Balaban J connectivity index is 2.09. The van der Waals surface area contributed by atoms with E-state index in [2.05, 4.69) is 23.6 Å². The predicted octanol–water partition coefficient (Wildman–Crippen LogP) is 1.10.